The van der Waals surface area contributed by atoms with Crippen LogP contribution >= 0.6 is 0 Å². The molecule has 0 aromatic heterocycles. The first-order valence-corrected chi connectivity index (χ1v) is 10.5. The second kappa shape index (κ2) is 6.99. The number of rotatable bonds is 5. The number of carbonyl (C=O) groups is 2. The number of benzene rings is 2. The largest absolute Gasteiger partial charge is 0.345 e. The normalized spacial score (nSPS) is 30.2. The van der Waals surface area contributed by atoms with Gasteiger partial charge in [0.15, 0.2) is 0 Å². The van der Waals surface area contributed by atoms with Crippen LogP contribution in [0.4, 0.5) is 0 Å². The average molecular weight is 390 g/mol. The molecule has 2 aromatic carbocycles. The number of nitrogens with one attached hydrogen (secondary N) is 2. The van der Waals surface area contributed by atoms with Crippen LogP contribution in [0, 0.1) is 23.2 Å². The third-order valence-corrected chi connectivity index (χ3v) is 7.46. The molecule has 29 heavy (non-hydrogen) atoms. The Hall–Kier alpha value is -2.66. The zero-order valence-electron chi connectivity index (χ0n) is 16.3. The van der Waals surface area contributed by atoms with E-state index in [9.17, 15) is 9.59 Å². The lowest BCUT2D eigenvalue weighted by Gasteiger charge is -2.33. The van der Waals surface area contributed by atoms with Gasteiger partial charge in [-0.3, -0.25) is 14.8 Å². The van der Waals surface area contributed by atoms with E-state index in [-0.39, 0.29) is 17.4 Å². The van der Waals surface area contributed by atoms with Gasteiger partial charge in [-0.15, -0.1) is 0 Å². The van der Waals surface area contributed by atoms with Crippen LogP contribution in [0.15, 0.2) is 54.6 Å². The minimum atomic E-state index is -0.547. The van der Waals surface area contributed by atoms with E-state index in [2.05, 4.69) is 5.32 Å². The Morgan fingerprint density at radius 1 is 0.897 bits per heavy atom. The van der Waals surface area contributed by atoms with Gasteiger partial charge in [0.05, 0.1) is 11.5 Å². The van der Waals surface area contributed by atoms with E-state index in [4.69, 9.17) is 5.21 Å². The molecule has 2 amide bonds. The van der Waals surface area contributed by atoms with Crippen LogP contribution in [0.25, 0.3) is 0 Å². The highest BCUT2D eigenvalue weighted by atomic mass is 16.5. The summed E-state index contributed by atoms with van der Waals surface area (Å²) >= 11 is 0. The molecule has 3 unspecified atom stereocenters. The Balaban J connectivity index is 1.44. The molecule has 0 spiro atoms. The fraction of sp³-hybridized carbons (Fsp3) is 0.417. The van der Waals surface area contributed by atoms with E-state index in [1.165, 1.54) is 19.3 Å². The van der Waals surface area contributed by atoms with Gasteiger partial charge in [0.25, 0.3) is 5.91 Å². The quantitative estimate of drug-likeness (QED) is 0.536. The molecule has 4 bridgehead atoms. The minimum Gasteiger partial charge on any atom is -0.345 e. The summed E-state index contributed by atoms with van der Waals surface area (Å²) in [4.78, 5) is 25.2. The van der Waals surface area contributed by atoms with Crippen molar-refractivity contribution in [3.05, 3.63) is 71.3 Å². The molecule has 0 heterocycles. The zero-order valence-corrected chi connectivity index (χ0v) is 16.3. The lowest BCUT2D eigenvalue weighted by Crippen LogP contribution is -2.43. The summed E-state index contributed by atoms with van der Waals surface area (Å²) in [5, 5.41) is 12.2. The number of carbonyl (C=O) groups excluding carboxylic acids is 2. The first-order valence-electron chi connectivity index (χ1n) is 10.5. The van der Waals surface area contributed by atoms with Gasteiger partial charge in [-0.25, -0.2) is 5.48 Å². The summed E-state index contributed by atoms with van der Waals surface area (Å²) in [6, 6.07) is 16.7. The molecule has 150 valence electrons. The second-order valence-corrected chi connectivity index (χ2v) is 9.08. The van der Waals surface area contributed by atoms with Crippen molar-refractivity contribution >= 4 is 11.8 Å². The van der Waals surface area contributed by atoms with Crippen molar-refractivity contribution in [3.8, 4) is 0 Å². The van der Waals surface area contributed by atoms with E-state index in [0.717, 1.165) is 35.8 Å². The summed E-state index contributed by atoms with van der Waals surface area (Å²) < 4.78 is 0. The Morgan fingerprint density at radius 2 is 1.52 bits per heavy atom. The van der Waals surface area contributed by atoms with Crippen LogP contribution in [0.1, 0.15) is 59.6 Å². The predicted molar refractivity (Wildman–Crippen MR) is 108 cm³/mol. The molecule has 0 aliphatic heterocycles. The van der Waals surface area contributed by atoms with Crippen molar-refractivity contribution in [2.45, 2.75) is 38.1 Å². The first kappa shape index (κ1) is 18.4. The number of hydrogen-bond acceptors (Lipinski definition) is 3. The molecule has 5 heteroatoms. The van der Waals surface area contributed by atoms with Crippen molar-refractivity contribution in [2.75, 3.05) is 0 Å². The van der Waals surface area contributed by atoms with Crippen LogP contribution in [0.2, 0.25) is 0 Å². The third-order valence-electron chi connectivity index (χ3n) is 7.46. The monoisotopic (exact) mass is 390 g/mol. The molecule has 4 fully saturated rings. The van der Waals surface area contributed by atoms with Gasteiger partial charge in [0.2, 0.25) is 5.91 Å². The van der Waals surface area contributed by atoms with Crippen molar-refractivity contribution in [1.82, 2.24) is 10.8 Å². The Kier molecular flexibility index (Phi) is 4.43. The van der Waals surface area contributed by atoms with E-state index in [0.29, 0.717) is 11.5 Å². The maximum Gasteiger partial charge on any atom is 0.274 e. The fourth-order valence-corrected chi connectivity index (χ4v) is 6.34. The van der Waals surface area contributed by atoms with Crippen LogP contribution < -0.4 is 10.8 Å². The Bertz CT molecular complexity index is 911. The SMILES string of the molecule is O=C(NO)c1ccc(C(NC(=O)C23CC4CC(CC2C4)C3)c2ccccc2)cc1. The molecule has 3 N–H and O–H groups in total. The van der Waals surface area contributed by atoms with E-state index in [1.807, 2.05) is 42.5 Å². The molecular weight excluding hydrogens is 364 g/mol. The molecule has 0 saturated heterocycles. The van der Waals surface area contributed by atoms with E-state index < -0.39 is 5.91 Å². The Morgan fingerprint density at radius 3 is 2.14 bits per heavy atom. The molecule has 5 nitrogen and oxygen atoms in total. The van der Waals surface area contributed by atoms with Crippen LogP contribution in [0.3, 0.4) is 0 Å². The Labute approximate surface area is 170 Å². The number of amides is 2. The van der Waals surface area contributed by atoms with Gasteiger partial charge in [-0.2, -0.15) is 0 Å². The van der Waals surface area contributed by atoms with Crippen LogP contribution in [-0.2, 0) is 4.79 Å². The molecule has 4 saturated carbocycles. The van der Waals surface area contributed by atoms with Crippen LogP contribution in [0.5, 0.6) is 0 Å². The fourth-order valence-electron chi connectivity index (χ4n) is 6.34. The molecule has 0 radical (unpaired) electrons. The van der Waals surface area contributed by atoms with E-state index in [1.54, 1.807) is 17.6 Å². The lowest BCUT2D eigenvalue weighted by molar-refractivity contribution is -0.133. The molecule has 6 rings (SSSR count). The highest BCUT2D eigenvalue weighted by molar-refractivity contribution is 5.93. The van der Waals surface area contributed by atoms with Crippen molar-refractivity contribution in [1.29, 1.82) is 0 Å². The maximum absolute atomic E-state index is 13.6. The van der Waals surface area contributed by atoms with Gasteiger partial charge in [-0.05, 0) is 73.1 Å². The molecule has 3 atom stereocenters. The standard InChI is InChI=1S/C24H26N2O3/c27-22(26-29)19-8-6-18(7-9-19)21(17-4-2-1-3-5-17)25-23(28)24-13-15-10-16(14-24)12-20(24)11-15/h1-9,15-16,20-21,29H,10-14H2,(H,25,28)(H,26,27). The smallest absolute Gasteiger partial charge is 0.274 e. The molecule has 4 aliphatic rings. The molecular formula is C24H26N2O3. The highest BCUT2D eigenvalue weighted by Crippen LogP contribution is 2.65. The molecule has 2 aromatic rings. The third kappa shape index (κ3) is 3.04. The van der Waals surface area contributed by atoms with E-state index >= 15 is 0 Å². The number of hydrogen-bond donors (Lipinski definition) is 3. The first-order chi connectivity index (χ1) is 14.1. The zero-order chi connectivity index (χ0) is 20.0. The van der Waals surface area contributed by atoms with Gasteiger partial charge in [-0.1, -0.05) is 42.5 Å². The lowest BCUT2D eigenvalue weighted by atomic mass is 9.74. The average Bonchev–Trinajstić information content (AvgIpc) is 3.16. The minimum absolute atomic E-state index is 0.183. The van der Waals surface area contributed by atoms with Crippen molar-refractivity contribution in [3.63, 3.8) is 0 Å². The van der Waals surface area contributed by atoms with Gasteiger partial charge in [0, 0.05) is 5.56 Å². The van der Waals surface area contributed by atoms with Gasteiger partial charge < -0.3 is 5.32 Å². The summed E-state index contributed by atoms with van der Waals surface area (Å²) in [7, 11) is 0. The summed E-state index contributed by atoms with van der Waals surface area (Å²) in [5.74, 6) is 1.64. The second-order valence-electron chi connectivity index (χ2n) is 9.08. The number of hydroxylamine groups is 1. The van der Waals surface area contributed by atoms with Crippen molar-refractivity contribution in [2.24, 2.45) is 23.2 Å². The summed E-state index contributed by atoms with van der Waals surface area (Å²) in [6.45, 7) is 0. The van der Waals surface area contributed by atoms with Gasteiger partial charge >= 0.3 is 0 Å². The topological polar surface area (TPSA) is 78.4 Å². The maximum atomic E-state index is 13.6. The van der Waals surface area contributed by atoms with Gasteiger partial charge in [0.1, 0.15) is 0 Å². The predicted octanol–water partition coefficient (Wildman–Crippen LogP) is 3.84. The summed E-state index contributed by atoms with van der Waals surface area (Å²) in [5.41, 5.74) is 3.79. The summed E-state index contributed by atoms with van der Waals surface area (Å²) in [6.07, 6.45) is 5.81. The highest BCUT2D eigenvalue weighted by Gasteiger charge is 2.61. The molecule has 4 aliphatic carbocycles. The van der Waals surface area contributed by atoms with Crippen LogP contribution in [-0.4, -0.2) is 17.0 Å². The van der Waals surface area contributed by atoms with Crippen molar-refractivity contribution < 1.29 is 14.8 Å².